The fraction of sp³-hybridized carbons (Fsp3) is 0.423. The number of carbonyl (C=O) groups excluding carboxylic acids is 2. The molecule has 2 atom stereocenters. The molecule has 9 nitrogen and oxygen atoms in total. The zero-order valence-corrected chi connectivity index (χ0v) is 21.7. The second-order valence-corrected chi connectivity index (χ2v) is 10.9. The fourth-order valence-electron chi connectivity index (χ4n) is 4.77. The number of hydrogen-bond acceptors (Lipinski definition) is 7. The number of halogens is 1. The van der Waals surface area contributed by atoms with Gasteiger partial charge in [0.05, 0.1) is 11.6 Å². The Morgan fingerprint density at radius 3 is 2.59 bits per heavy atom. The summed E-state index contributed by atoms with van der Waals surface area (Å²) in [6.07, 6.45) is 4.33. The minimum Gasteiger partial charge on any atom is -0.503 e. The van der Waals surface area contributed by atoms with Crippen molar-refractivity contribution in [3.05, 3.63) is 62.8 Å². The molecule has 2 amide bonds. The van der Waals surface area contributed by atoms with Crippen molar-refractivity contribution in [3.63, 3.8) is 0 Å². The van der Waals surface area contributed by atoms with Crippen LogP contribution in [-0.2, 0) is 11.2 Å². The second-order valence-electron chi connectivity index (χ2n) is 9.84. The van der Waals surface area contributed by atoms with E-state index in [1.807, 2.05) is 6.92 Å². The summed E-state index contributed by atoms with van der Waals surface area (Å²) in [7, 11) is 1.73. The summed E-state index contributed by atoms with van der Waals surface area (Å²) < 4.78 is 14.9. The van der Waals surface area contributed by atoms with Crippen LogP contribution in [0.1, 0.15) is 60.2 Å². The molecule has 3 aromatic rings. The maximum absolute atomic E-state index is 13.3. The van der Waals surface area contributed by atoms with E-state index in [2.05, 4.69) is 10.2 Å². The lowest BCUT2D eigenvalue weighted by atomic mass is 10.0. The van der Waals surface area contributed by atoms with E-state index >= 15 is 0 Å². The Balaban J connectivity index is 1.52. The van der Waals surface area contributed by atoms with Crippen LogP contribution in [0.4, 0.5) is 4.39 Å². The van der Waals surface area contributed by atoms with Gasteiger partial charge in [-0.3, -0.25) is 14.4 Å². The molecule has 0 bridgehead atoms. The average Bonchev–Trinajstić information content (AvgIpc) is 3.61. The van der Waals surface area contributed by atoms with Gasteiger partial charge in [-0.15, -0.1) is 10.2 Å². The molecule has 37 heavy (non-hydrogen) atoms. The molecule has 3 heterocycles. The van der Waals surface area contributed by atoms with E-state index < -0.39 is 11.2 Å². The van der Waals surface area contributed by atoms with E-state index in [1.54, 1.807) is 39.7 Å². The molecular weight excluding hydrogens is 497 g/mol. The van der Waals surface area contributed by atoms with Crippen LogP contribution in [0.3, 0.4) is 0 Å². The smallest absolute Gasteiger partial charge is 0.274 e. The zero-order chi connectivity index (χ0) is 26.4. The standard InChI is InChI=1S/C26H28FN5O4S/c1-14(30(3)15(2)33)10-19-12-32(18-8-9-18)26(36)22-24(35)23(34)20(13-31(19)22)25-29-28-21(37-25)11-16-4-6-17(27)7-5-16/h4-7,13-14,18-19,35H,8-12H2,1-3H3/t14?,19-/m0/s1. The van der Waals surface area contributed by atoms with Crippen molar-refractivity contribution in [3.8, 4) is 16.3 Å². The quantitative estimate of drug-likeness (QED) is 0.508. The number of aromatic nitrogens is 3. The molecule has 1 aromatic carbocycles. The van der Waals surface area contributed by atoms with Crippen LogP contribution in [0.25, 0.3) is 10.6 Å². The number of benzene rings is 1. The van der Waals surface area contributed by atoms with E-state index in [9.17, 15) is 23.9 Å². The van der Waals surface area contributed by atoms with Crippen molar-refractivity contribution in [2.45, 2.75) is 57.7 Å². The molecule has 1 saturated carbocycles. The third kappa shape index (κ3) is 4.87. The number of carbonyl (C=O) groups is 2. The van der Waals surface area contributed by atoms with E-state index in [-0.39, 0.29) is 47.0 Å². The average molecular weight is 526 g/mol. The van der Waals surface area contributed by atoms with Crippen molar-refractivity contribution in [1.82, 2.24) is 24.6 Å². The van der Waals surface area contributed by atoms with Gasteiger partial charge >= 0.3 is 0 Å². The number of hydrogen-bond donors (Lipinski definition) is 1. The zero-order valence-electron chi connectivity index (χ0n) is 20.8. The number of fused-ring (bicyclic) bond motifs is 1. The number of rotatable bonds is 7. The Bertz CT molecular complexity index is 1420. The molecule has 0 radical (unpaired) electrons. The van der Waals surface area contributed by atoms with Crippen LogP contribution in [0.15, 0.2) is 35.3 Å². The lowest BCUT2D eigenvalue weighted by Crippen LogP contribution is -2.47. The van der Waals surface area contributed by atoms with Gasteiger partial charge in [-0.1, -0.05) is 23.5 Å². The van der Waals surface area contributed by atoms with Crippen molar-refractivity contribution in [2.24, 2.45) is 0 Å². The van der Waals surface area contributed by atoms with Gasteiger partial charge < -0.3 is 19.5 Å². The van der Waals surface area contributed by atoms with Crippen molar-refractivity contribution < 1.29 is 19.1 Å². The SMILES string of the molecule is CC(=O)N(C)C(C)C[C@H]1CN(C2CC2)C(=O)c2c(O)c(=O)c(-c3nnc(Cc4ccc(F)cc4)s3)cn21. The summed E-state index contributed by atoms with van der Waals surface area (Å²) >= 11 is 1.21. The summed E-state index contributed by atoms with van der Waals surface area (Å²) in [4.78, 5) is 41.9. The highest BCUT2D eigenvalue weighted by Gasteiger charge is 2.42. The highest BCUT2D eigenvalue weighted by atomic mass is 32.1. The summed E-state index contributed by atoms with van der Waals surface area (Å²) in [5.74, 6) is -1.35. The highest BCUT2D eigenvalue weighted by Crippen LogP contribution is 2.37. The maximum atomic E-state index is 13.3. The third-order valence-electron chi connectivity index (χ3n) is 7.20. The van der Waals surface area contributed by atoms with Gasteiger partial charge in [-0.2, -0.15) is 0 Å². The summed E-state index contributed by atoms with van der Waals surface area (Å²) in [5, 5.41) is 20.3. The summed E-state index contributed by atoms with van der Waals surface area (Å²) in [5.41, 5.74) is 0.317. The first-order valence-electron chi connectivity index (χ1n) is 12.2. The van der Waals surface area contributed by atoms with E-state index in [0.29, 0.717) is 29.4 Å². The molecule has 0 spiro atoms. The van der Waals surface area contributed by atoms with Crippen LogP contribution in [0.5, 0.6) is 5.75 Å². The molecule has 1 fully saturated rings. The minimum atomic E-state index is -0.672. The lowest BCUT2D eigenvalue weighted by Gasteiger charge is -2.38. The Morgan fingerprint density at radius 2 is 1.95 bits per heavy atom. The Labute approximate surface area is 217 Å². The van der Waals surface area contributed by atoms with Crippen LogP contribution >= 0.6 is 11.3 Å². The molecule has 1 unspecified atom stereocenters. The first kappa shape index (κ1) is 25.1. The molecule has 0 saturated heterocycles. The predicted molar refractivity (Wildman–Crippen MR) is 136 cm³/mol. The van der Waals surface area contributed by atoms with Gasteiger partial charge in [0.1, 0.15) is 10.8 Å². The van der Waals surface area contributed by atoms with E-state index in [1.165, 1.54) is 30.4 Å². The van der Waals surface area contributed by atoms with Gasteiger partial charge in [0.15, 0.2) is 16.5 Å². The molecule has 194 valence electrons. The Kier molecular flexibility index (Phi) is 6.57. The highest BCUT2D eigenvalue weighted by molar-refractivity contribution is 7.14. The maximum Gasteiger partial charge on any atom is 0.274 e. The monoisotopic (exact) mass is 525 g/mol. The van der Waals surface area contributed by atoms with Gasteiger partial charge in [0.2, 0.25) is 11.3 Å². The molecular formula is C26H28FN5O4S. The molecule has 2 aliphatic rings. The topological polar surface area (TPSA) is 109 Å². The van der Waals surface area contributed by atoms with Crippen LogP contribution in [-0.4, -0.2) is 67.2 Å². The van der Waals surface area contributed by atoms with Gasteiger partial charge in [-0.05, 0) is 43.9 Å². The number of amides is 2. The molecule has 1 N–H and O–H groups in total. The normalized spacial score (nSPS) is 18.0. The first-order valence-corrected chi connectivity index (χ1v) is 13.0. The van der Waals surface area contributed by atoms with Crippen molar-refractivity contribution >= 4 is 23.2 Å². The lowest BCUT2D eigenvalue weighted by molar-refractivity contribution is -0.129. The third-order valence-corrected chi connectivity index (χ3v) is 8.16. The Hall–Kier alpha value is -3.60. The molecule has 11 heteroatoms. The molecule has 1 aliphatic carbocycles. The second kappa shape index (κ2) is 9.70. The molecule has 5 rings (SSSR count). The summed E-state index contributed by atoms with van der Waals surface area (Å²) in [6, 6.07) is 5.81. The largest absolute Gasteiger partial charge is 0.503 e. The molecule has 2 aromatic heterocycles. The van der Waals surface area contributed by atoms with E-state index in [4.69, 9.17) is 0 Å². The minimum absolute atomic E-state index is 0.0226. The van der Waals surface area contributed by atoms with Crippen LogP contribution in [0.2, 0.25) is 0 Å². The van der Waals surface area contributed by atoms with Gasteiger partial charge in [0.25, 0.3) is 5.91 Å². The number of pyridine rings is 1. The first-order chi connectivity index (χ1) is 17.6. The molecule has 1 aliphatic heterocycles. The van der Waals surface area contributed by atoms with Gasteiger partial charge in [0, 0.05) is 45.2 Å². The summed E-state index contributed by atoms with van der Waals surface area (Å²) in [6.45, 7) is 3.88. The predicted octanol–water partition coefficient (Wildman–Crippen LogP) is 3.22. The Morgan fingerprint density at radius 1 is 1.24 bits per heavy atom. The van der Waals surface area contributed by atoms with Crippen molar-refractivity contribution in [2.75, 3.05) is 13.6 Å². The van der Waals surface area contributed by atoms with Crippen LogP contribution < -0.4 is 5.43 Å². The number of aromatic hydroxyl groups is 1. The fourth-order valence-corrected chi connectivity index (χ4v) is 5.65. The number of nitrogens with zero attached hydrogens (tertiary/aromatic N) is 5. The van der Waals surface area contributed by atoms with Gasteiger partial charge in [-0.25, -0.2) is 4.39 Å². The van der Waals surface area contributed by atoms with Crippen molar-refractivity contribution in [1.29, 1.82) is 0 Å². The van der Waals surface area contributed by atoms with Crippen LogP contribution in [0, 0.1) is 5.82 Å². The van der Waals surface area contributed by atoms with E-state index in [0.717, 1.165) is 18.4 Å².